The third-order valence-corrected chi connectivity index (χ3v) is 3.93. The highest BCUT2D eigenvalue weighted by Gasteiger charge is 2.22. The molecule has 0 spiro atoms. The quantitative estimate of drug-likeness (QED) is 0.891. The lowest BCUT2D eigenvalue weighted by molar-refractivity contribution is 0.589. The minimum atomic E-state index is -0.185. The fourth-order valence-electron chi connectivity index (χ4n) is 2.68. The Balaban J connectivity index is 1.84. The molecule has 2 aromatic rings. The van der Waals surface area contributed by atoms with E-state index in [-0.39, 0.29) is 11.2 Å². The summed E-state index contributed by atoms with van der Waals surface area (Å²) in [6.45, 7) is 8.17. The summed E-state index contributed by atoms with van der Waals surface area (Å²) in [5.41, 5.74) is 8.34. The van der Waals surface area contributed by atoms with Gasteiger partial charge in [0.2, 0.25) is 0 Å². The normalized spacial score (nSPS) is 14.4. The SMILES string of the molecule is CC(C)(C)c1ccc2c(c1)CNN2Cc1cccc(F)c1. The van der Waals surface area contributed by atoms with Crippen LogP contribution in [0.25, 0.3) is 0 Å². The van der Waals surface area contributed by atoms with Gasteiger partial charge in [0.05, 0.1) is 12.2 Å². The van der Waals surface area contributed by atoms with Gasteiger partial charge in [-0.3, -0.25) is 0 Å². The average Bonchev–Trinajstić information content (AvgIpc) is 2.80. The Hall–Kier alpha value is -1.87. The maximum Gasteiger partial charge on any atom is 0.123 e. The van der Waals surface area contributed by atoms with Gasteiger partial charge in [0.1, 0.15) is 5.82 Å². The molecule has 0 radical (unpaired) electrons. The molecule has 1 aliphatic rings. The molecule has 0 aliphatic carbocycles. The van der Waals surface area contributed by atoms with E-state index in [0.717, 1.165) is 12.1 Å². The minimum Gasteiger partial charge on any atom is -0.303 e. The molecule has 110 valence electrons. The Bertz CT molecular complexity index is 659. The van der Waals surface area contributed by atoms with Gasteiger partial charge in [0.25, 0.3) is 0 Å². The van der Waals surface area contributed by atoms with Crippen LogP contribution in [0.4, 0.5) is 10.1 Å². The summed E-state index contributed by atoms with van der Waals surface area (Å²) in [6, 6.07) is 13.4. The first-order valence-corrected chi connectivity index (χ1v) is 7.32. The van der Waals surface area contributed by atoms with Gasteiger partial charge in [-0.05, 0) is 40.3 Å². The van der Waals surface area contributed by atoms with Crippen LogP contribution in [0.5, 0.6) is 0 Å². The van der Waals surface area contributed by atoms with Crippen LogP contribution < -0.4 is 10.4 Å². The number of fused-ring (bicyclic) bond motifs is 1. The first kappa shape index (κ1) is 14.1. The van der Waals surface area contributed by atoms with E-state index in [9.17, 15) is 4.39 Å². The Morgan fingerprint density at radius 3 is 2.67 bits per heavy atom. The number of benzene rings is 2. The Morgan fingerprint density at radius 2 is 1.95 bits per heavy atom. The Labute approximate surface area is 125 Å². The van der Waals surface area contributed by atoms with Crippen LogP contribution in [0.15, 0.2) is 42.5 Å². The first-order chi connectivity index (χ1) is 9.93. The standard InChI is InChI=1S/C18H21FN2/c1-18(2,3)15-7-8-17-14(10-15)11-20-21(17)12-13-5-4-6-16(19)9-13/h4-10,20H,11-12H2,1-3H3. The van der Waals surface area contributed by atoms with Crippen molar-refractivity contribution in [3.8, 4) is 0 Å². The Kier molecular flexibility index (Phi) is 3.46. The summed E-state index contributed by atoms with van der Waals surface area (Å²) in [4.78, 5) is 0. The van der Waals surface area contributed by atoms with Gasteiger partial charge in [0, 0.05) is 6.54 Å². The number of hydrogen-bond donors (Lipinski definition) is 1. The van der Waals surface area contributed by atoms with Gasteiger partial charge in [-0.2, -0.15) is 0 Å². The lowest BCUT2D eigenvalue weighted by Gasteiger charge is -2.22. The molecule has 0 unspecified atom stereocenters. The van der Waals surface area contributed by atoms with E-state index in [4.69, 9.17) is 0 Å². The lowest BCUT2D eigenvalue weighted by Crippen LogP contribution is -2.31. The monoisotopic (exact) mass is 284 g/mol. The smallest absolute Gasteiger partial charge is 0.123 e. The van der Waals surface area contributed by atoms with Gasteiger partial charge in [-0.15, -0.1) is 0 Å². The predicted octanol–water partition coefficient (Wildman–Crippen LogP) is 4.15. The predicted molar refractivity (Wildman–Crippen MR) is 84.6 cm³/mol. The third-order valence-electron chi connectivity index (χ3n) is 3.93. The van der Waals surface area contributed by atoms with Gasteiger partial charge < -0.3 is 5.01 Å². The number of nitrogens with one attached hydrogen (secondary N) is 1. The molecule has 0 saturated heterocycles. The summed E-state index contributed by atoms with van der Waals surface area (Å²) in [5.74, 6) is -0.185. The van der Waals surface area contributed by atoms with Crippen LogP contribution in [0, 0.1) is 5.82 Å². The molecule has 0 amide bonds. The zero-order valence-electron chi connectivity index (χ0n) is 12.8. The van der Waals surface area contributed by atoms with Crippen molar-refractivity contribution in [2.45, 2.75) is 39.3 Å². The summed E-state index contributed by atoms with van der Waals surface area (Å²) >= 11 is 0. The summed E-state index contributed by atoms with van der Waals surface area (Å²) < 4.78 is 13.3. The molecule has 3 heteroatoms. The van der Waals surface area contributed by atoms with E-state index < -0.39 is 0 Å². The fraction of sp³-hybridized carbons (Fsp3) is 0.333. The van der Waals surface area contributed by atoms with Gasteiger partial charge in [-0.25, -0.2) is 9.82 Å². The summed E-state index contributed by atoms with van der Waals surface area (Å²) in [6.07, 6.45) is 0. The molecule has 2 aromatic carbocycles. The number of rotatable bonds is 2. The second kappa shape index (κ2) is 5.15. The van der Waals surface area contributed by atoms with Crippen molar-refractivity contribution in [1.82, 2.24) is 5.43 Å². The molecule has 1 N–H and O–H groups in total. The van der Waals surface area contributed by atoms with E-state index in [1.165, 1.54) is 22.9 Å². The largest absolute Gasteiger partial charge is 0.303 e. The molecule has 0 fully saturated rings. The number of hydrogen-bond acceptors (Lipinski definition) is 2. The molecule has 0 bridgehead atoms. The van der Waals surface area contributed by atoms with Crippen molar-refractivity contribution in [2.75, 3.05) is 5.01 Å². The van der Waals surface area contributed by atoms with Gasteiger partial charge in [-0.1, -0.05) is 45.0 Å². The second-order valence-corrected chi connectivity index (χ2v) is 6.64. The number of anilines is 1. The van der Waals surface area contributed by atoms with E-state index in [0.29, 0.717) is 6.54 Å². The summed E-state index contributed by atoms with van der Waals surface area (Å²) in [7, 11) is 0. The van der Waals surface area contributed by atoms with Crippen LogP contribution in [0.2, 0.25) is 0 Å². The maximum absolute atomic E-state index is 13.3. The zero-order chi connectivity index (χ0) is 15.0. The average molecular weight is 284 g/mol. The molecule has 21 heavy (non-hydrogen) atoms. The van der Waals surface area contributed by atoms with E-state index in [1.54, 1.807) is 12.1 Å². The molecule has 3 rings (SSSR count). The van der Waals surface area contributed by atoms with Gasteiger partial charge >= 0.3 is 0 Å². The van der Waals surface area contributed by atoms with Crippen LogP contribution in [-0.4, -0.2) is 0 Å². The van der Waals surface area contributed by atoms with E-state index in [1.807, 2.05) is 6.07 Å². The fourth-order valence-corrected chi connectivity index (χ4v) is 2.68. The number of nitrogens with zero attached hydrogens (tertiary/aromatic N) is 1. The molecular formula is C18H21FN2. The number of halogens is 1. The van der Waals surface area contributed by atoms with Crippen molar-refractivity contribution in [3.05, 3.63) is 65.0 Å². The Morgan fingerprint density at radius 1 is 1.14 bits per heavy atom. The van der Waals surface area contributed by atoms with Crippen LogP contribution in [-0.2, 0) is 18.5 Å². The van der Waals surface area contributed by atoms with Crippen LogP contribution in [0.1, 0.15) is 37.5 Å². The summed E-state index contributed by atoms with van der Waals surface area (Å²) in [5, 5.41) is 2.09. The van der Waals surface area contributed by atoms with Crippen molar-refractivity contribution in [2.24, 2.45) is 0 Å². The molecule has 0 saturated carbocycles. The van der Waals surface area contributed by atoms with E-state index in [2.05, 4.69) is 49.4 Å². The van der Waals surface area contributed by atoms with Gasteiger partial charge in [0.15, 0.2) is 0 Å². The second-order valence-electron chi connectivity index (χ2n) is 6.64. The first-order valence-electron chi connectivity index (χ1n) is 7.32. The third kappa shape index (κ3) is 2.93. The topological polar surface area (TPSA) is 15.3 Å². The highest BCUT2D eigenvalue weighted by atomic mass is 19.1. The molecule has 1 aliphatic heterocycles. The molecular weight excluding hydrogens is 263 g/mol. The van der Waals surface area contributed by atoms with Crippen molar-refractivity contribution >= 4 is 5.69 Å². The van der Waals surface area contributed by atoms with Crippen LogP contribution >= 0.6 is 0 Å². The molecule has 2 nitrogen and oxygen atoms in total. The minimum absolute atomic E-state index is 0.158. The van der Waals surface area contributed by atoms with Crippen molar-refractivity contribution in [3.63, 3.8) is 0 Å². The van der Waals surface area contributed by atoms with Crippen LogP contribution in [0.3, 0.4) is 0 Å². The lowest BCUT2D eigenvalue weighted by atomic mass is 9.86. The zero-order valence-corrected chi connectivity index (χ0v) is 12.8. The molecule has 0 atom stereocenters. The van der Waals surface area contributed by atoms with Crippen molar-refractivity contribution < 1.29 is 4.39 Å². The van der Waals surface area contributed by atoms with Crippen molar-refractivity contribution in [1.29, 1.82) is 0 Å². The van der Waals surface area contributed by atoms with E-state index >= 15 is 0 Å². The maximum atomic E-state index is 13.3. The molecule has 0 aromatic heterocycles. The molecule has 1 heterocycles. The number of hydrazine groups is 1. The highest BCUT2D eigenvalue weighted by molar-refractivity contribution is 5.58. The highest BCUT2D eigenvalue weighted by Crippen LogP contribution is 2.31.